The summed E-state index contributed by atoms with van der Waals surface area (Å²) in [5.74, 6) is 1.26. The fourth-order valence-corrected chi connectivity index (χ4v) is 4.62. The minimum absolute atomic E-state index is 0.0139. The molecule has 1 N–H and O–H groups in total. The van der Waals surface area contributed by atoms with Crippen molar-refractivity contribution in [2.75, 3.05) is 45.2 Å². The molecule has 8 nitrogen and oxygen atoms in total. The number of amides is 1. The molecule has 1 aromatic heterocycles. The molecule has 0 spiro atoms. The predicted octanol–water partition coefficient (Wildman–Crippen LogP) is 3.02. The summed E-state index contributed by atoms with van der Waals surface area (Å²) < 4.78 is 5.19. The van der Waals surface area contributed by atoms with Crippen molar-refractivity contribution in [2.45, 2.75) is 44.7 Å². The molecule has 1 saturated heterocycles. The van der Waals surface area contributed by atoms with Crippen molar-refractivity contribution in [1.29, 1.82) is 5.26 Å². The number of hydrogen-bond acceptors (Lipinski definition) is 7. The summed E-state index contributed by atoms with van der Waals surface area (Å²) in [6.07, 6.45) is 3.89. The number of ether oxygens (including phenoxy) is 1. The summed E-state index contributed by atoms with van der Waals surface area (Å²) in [4.78, 5) is 26.2. The lowest BCUT2D eigenvalue weighted by atomic mass is 9.89. The third-order valence-electron chi connectivity index (χ3n) is 6.79. The molecule has 8 heteroatoms. The lowest BCUT2D eigenvalue weighted by molar-refractivity contribution is 0.0555. The van der Waals surface area contributed by atoms with E-state index in [1.807, 2.05) is 36.9 Å². The number of nitrogens with zero attached hydrogens (tertiary/aromatic N) is 5. The highest BCUT2D eigenvalue weighted by Gasteiger charge is 2.35. The van der Waals surface area contributed by atoms with Gasteiger partial charge in [0.15, 0.2) is 0 Å². The molecule has 1 fully saturated rings. The van der Waals surface area contributed by atoms with Gasteiger partial charge in [0.05, 0.1) is 18.7 Å². The van der Waals surface area contributed by atoms with Crippen LogP contribution in [0.3, 0.4) is 0 Å². The van der Waals surface area contributed by atoms with Crippen LogP contribution in [0.15, 0.2) is 30.5 Å². The fraction of sp³-hybridized carbons (Fsp3) is 0.520. The Balaban J connectivity index is 1.46. The van der Waals surface area contributed by atoms with Crippen LogP contribution in [-0.4, -0.2) is 71.1 Å². The zero-order valence-electron chi connectivity index (χ0n) is 19.7. The number of nitriles is 1. The zero-order valence-corrected chi connectivity index (χ0v) is 19.7. The first-order chi connectivity index (χ1) is 15.9. The van der Waals surface area contributed by atoms with Gasteiger partial charge in [-0.2, -0.15) is 5.26 Å². The first kappa shape index (κ1) is 23.1. The van der Waals surface area contributed by atoms with Crippen molar-refractivity contribution in [2.24, 2.45) is 0 Å². The molecule has 33 heavy (non-hydrogen) atoms. The van der Waals surface area contributed by atoms with Gasteiger partial charge in [0.2, 0.25) is 5.82 Å². The predicted molar refractivity (Wildman–Crippen MR) is 126 cm³/mol. The number of anilines is 1. The van der Waals surface area contributed by atoms with Crippen LogP contribution in [0.4, 0.5) is 5.82 Å². The summed E-state index contributed by atoms with van der Waals surface area (Å²) in [5, 5.41) is 12.4. The van der Waals surface area contributed by atoms with Gasteiger partial charge in [-0.25, -0.2) is 9.97 Å². The number of nitrogens with one attached hydrogen (secondary N) is 1. The Hall–Kier alpha value is -3.02. The van der Waals surface area contributed by atoms with Crippen molar-refractivity contribution in [3.05, 3.63) is 53.0 Å². The van der Waals surface area contributed by atoms with E-state index in [4.69, 9.17) is 10.00 Å². The van der Waals surface area contributed by atoms with Gasteiger partial charge in [-0.1, -0.05) is 12.1 Å². The molecule has 0 radical (unpaired) electrons. The van der Waals surface area contributed by atoms with Crippen molar-refractivity contribution < 1.29 is 9.53 Å². The number of likely N-dealkylation sites (tertiary alicyclic amines) is 1. The Morgan fingerprint density at radius 2 is 2.00 bits per heavy atom. The number of rotatable bonds is 5. The quantitative estimate of drug-likeness (QED) is 0.751. The van der Waals surface area contributed by atoms with Gasteiger partial charge in [-0.05, 0) is 63.4 Å². The topological polar surface area (TPSA) is 94.4 Å². The van der Waals surface area contributed by atoms with Crippen LogP contribution in [-0.2, 0) is 11.3 Å². The summed E-state index contributed by atoms with van der Waals surface area (Å²) >= 11 is 0. The first-order valence-corrected chi connectivity index (χ1v) is 11.5. The smallest absolute Gasteiger partial charge is 0.254 e. The van der Waals surface area contributed by atoms with E-state index in [2.05, 4.69) is 32.3 Å². The van der Waals surface area contributed by atoms with Crippen LogP contribution in [0.25, 0.3) is 0 Å². The monoisotopic (exact) mass is 448 g/mol. The lowest BCUT2D eigenvalue weighted by Crippen LogP contribution is -2.50. The molecule has 0 unspecified atom stereocenters. The third kappa shape index (κ3) is 5.15. The number of piperidine rings is 1. The Kier molecular flexibility index (Phi) is 6.91. The van der Waals surface area contributed by atoms with Crippen LogP contribution < -0.4 is 5.32 Å². The van der Waals surface area contributed by atoms with E-state index in [0.29, 0.717) is 30.4 Å². The molecule has 3 heterocycles. The van der Waals surface area contributed by atoms with Gasteiger partial charge in [-0.3, -0.25) is 4.79 Å². The normalized spacial score (nSPS) is 18.7. The lowest BCUT2D eigenvalue weighted by Gasteiger charge is -2.37. The molecule has 0 saturated carbocycles. The number of carbonyl (C=O) groups excluding carboxylic acids is 1. The summed E-state index contributed by atoms with van der Waals surface area (Å²) in [7, 11) is 1.75. The molecule has 4 rings (SSSR count). The first-order valence-electron chi connectivity index (χ1n) is 11.5. The molecule has 2 aliphatic heterocycles. The fourth-order valence-electron chi connectivity index (χ4n) is 4.62. The molecule has 2 aromatic rings. The van der Waals surface area contributed by atoms with Crippen LogP contribution in [0.5, 0.6) is 0 Å². The molecule has 1 amide bonds. The second-order valence-electron chi connectivity index (χ2n) is 9.47. The van der Waals surface area contributed by atoms with Crippen molar-refractivity contribution in [3.8, 4) is 6.07 Å². The number of carbonyl (C=O) groups is 1. The molecular formula is C25H32N6O2. The van der Waals surface area contributed by atoms with Gasteiger partial charge in [0.1, 0.15) is 11.9 Å². The van der Waals surface area contributed by atoms with Crippen LogP contribution >= 0.6 is 0 Å². The SMILES string of the molecule is COCCN1CCC(c2ccc(C(=O)N3Cc4cnc(C#N)nc4NCC3(C)C)cc2)CC1. The van der Waals surface area contributed by atoms with Gasteiger partial charge in [0.25, 0.3) is 5.91 Å². The molecule has 0 aliphatic carbocycles. The molecule has 2 aliphatic rings. The number of methoxy groups -OCH3 is 1. The highest BCUT2D eigenvalue weighted by molar-refractivity contribution is 5.95. The molecule has 1 aromatic carbocycles. The molecule has 0 bridgehead atoms. The van der Waals surface area contributed by atoms with E-state index in [9.17, 15) is 4.79 Å². The molecule has 174 valence electrons. The maximum atomic E-state index is 13.5. The van der Waals surface area contributed by atoms with Gasteiger partial charge in [0, 0.05) is 37.5 Å². The highest BCUT2D eigenvalue weighted by Crippen LogP contribution is 2.30. The minimum atomic E-state index is -0.432. The van der Waals surface area contributed by atoms with E-state index in [1.54, 1.807) is 13.3 Å². The standard InChI is InChI=1S/C25H32N6O2/c1-25(2)17-28-23-21(15-27-22(14-26)29-23)16-31(25)24(32)20-6-4-18(5-7-20)19-8-10-30(11-9-19)12-13-33-3/h4-7,15,19H,8-13,16-17H2,1-3H3,(H,27,28,29). The van der Waals surface area contributed by atoms with Gasteiger partial charge >= 0.3 is 0 Å². The summed E-state index contributed by atoms with van der Waals surface area (Å²) in [5.41, 5.74) is 2.36. The largest absolute Gasteiger partial charge is 0.383 e. The summed E-state index contributed by atoms with van der Waals surface area (Å²) in [6.45, 7) is 8.93. The van der Waals surface area contributed by atoms with Crippen LogP contribution in [0, 0.1) is 11.3 Å². The van der Waals surface area contributed by atoms with Crippen molar-refractivity contribution in [3.63, 3.8) is 0 Å². The number of fused-ring (bicyclic) bond motifs is 1. The minimum Gasteiger partial charge on any atom is -0.383 e. The number of benzene rings is 1. The molecular weight excluding hydrogens is 416 g/mol. The Morgan fingerprint density at radius 1 is 1.27 bits per heavy atom. The van der Waals surface area contributed by atoms with Crippen LogP contribution in [0.2, 0.25) is 0 Å². The Morgan fingerprint density at radius 3 is 2.67 bits per heavy atom. The average Bonchev–Trinajstić information content (AvgIpc) is 2.98. The molecule has 0 atom stereocenters. The summed E-state index contributed by atoms with van der Waals surface area (Å²) in [6, 6.07) is 10.1. The van der Waals surface area contributed by atoms with Gasteiger partial charge in [-0.15, -0.1) is 0 Å². The maximum absolute atomic E-state index is 13.5. The number of aromatic nitrogens is 2. The van der Waals surface area contributed by atoms with E-state index in [1.165, 1.54) is 5.56 Å². The Bertz CT molecular complexity index is 1020. The van der Waals surface area contributed by atoms with Crippen LogP contribution in [0.1, 0.15) is 59.9 Å². The van der Waals surface area contributed by atoms with Gasteiger partial charge < -0.3 is 19.9 Å². The zero-order chi connectivity index (χ0) is 23.4. The Labute approximate surface area is 195 Å². The van der Waals surface area contributed by atoms with Crippen molar-refractivity contribution >= 4 is 11.7 Å². The van der Waals surface area contributed by atoms with E-state index >= 15 is 0 Å². The highest BCUT2D eigenvalue weighted by atomic mass is 16.5. The third-order valence-corrected chi connectivity index (χ3v) is 6.79. The number of hydrogen-bond donors (Lipinski definition) is 1. The second-order valence-corrected chi connectivity index (χ2v) is 9.47. The van der Waals surface area contributed by atoms with E-state index in [0.717, 1.165) is 44.6 Å². The van der Waals surface area contributed by atoms with E-state index < -0.39 is 5.54 Å². The second kappa shape index (κ2) is 9.86. The van der Waals surface area contributed by atoms with Crippen molar-refractivity contribution in [1.82, 2.24) is 19.8 Å². The van der Waals surface area contributed by atoms with E-state index in [-0.39, 0.29) is 11.7 Å². The average molecular weight is 449 g/mol. The maximum Gasteiger partial charge on any atom is 0.254 e.